The van der Waals surface area contributed by atoms with Crippen LogP contribution in [-0.4, -0.2) is 29.6 Å². The molecule has 0 aromatic carbocycles. The summed E-state index contributed by atoms with van der Waals surface area (Å²) in [7, 11) is 0. The Morgan fingerprint density at radius 3 is 2.93 bits per heavy atom. The number of pyridine rings is 1. The average Bonchev–Trinajstić information content (AvgIpc) is 2.25. The number of nitrogens with zero attached hydrogens (tertiary/aromatic N) is 1. The van der Waals surface area contributed by atoms with E-state index in [4.69, 9.17) is 5.73 Å². The van der Waals surface area contributed by atoms with Crippen molar-refractivity contribution < 1.29 is 9.59 Å². The van der Waals surface area contributed by atoms with Crippen LogP contribution in [0.1, 0.15) is 10.4 Å². The first-order valence-electron chi connectivity index (χ1n) is 4.20. The van der Waals surface area contributed by atoms with Gasteiger partial charge >= 0.3 is 0 Å². The molecule has 0 radical (unpaired) electrons. The second kappa shape index (κ2) is 5.35. The van der Waals surface area contributed by atoms with Gasteiger partial charge in [0, 0.05) is 6.20 Å². The van der Waals surface area contributed by atoms with Crippen LogP contribution < -0.4 is 11.1 Å². The number of nitrogens with two attached hydrogens (primary N) is 1. The lowest BCUT2D eigenvalue weighted by Gasteiger charge is -2.05. The largest absolute Gasteiger partial charge is 0.368 e. The molecule has 0 aliphatic heterocycles. The van der Waals surface area contributed by atoms with E-state index in [9.17, 15) is 9.59 Å². The summed E-state index contributed by atoms with van der Waals surface area (Å²) in [6.07, 6.45) is 3.43. The maximum Gasteiger partial charge on any atom is 0.254 e. The van der Waals surface area contributed by atoms with E-state index < -0.39 is 5.91 Å². The molecule has 1 heterocycles. The minimum atomic E-state index is -0.571. The van der Waals surface area contributed by atoms with E-state index in [0.717, 1.165) is 0 Å². The van der Waals surface area contributed by atoms with Crippen LogP contribution in [-0.2, 0) is 4.79 Å². The number of hydrogen-bond acceptors (Lipinski definition) is 4. The molecule has 3 N–H and O–H groups in total. The highest BCUT2D eigenvalue weighted by Crippen LogP contribution is 2.16. The Hall–Kier alpha value is -1.56. The minimum Gasteiger partial charge on any atom is -0.368 e. The molecule has 5 nitrogen and oxygen atoms in total. The summed E-state index contributed by atoms with van der Waals surface area (Å²) in [5.41, 5.74) is 5.37. The van der Waals surface area contributed by atoms with E-state index in [-0.39, 0.29) is 12.5 Å². The SMILES string of the molecule is CSc1ncccc1C(=O)NCC(N)=O. The van der Waals surface area contributed by atoms with Crippen molar-refractivity contribution in [3.63, 3.8) is 0 Å². The highest BCUT2D eigenvalue weighted by molar-refractivity contribution is 7.98. The number of thioether (sulfide) groups is 1. The van der Waals surface area contributed by atoms with Crippen LogP contribution in [0.25, 0.3) is 0 Å². The van der Waals surface area contributed by atoms with Crippen molar-refractivity contribution in [1.29, 1.82) is 0 Å². The molecule has 0 fully saturated rings. The predicted octanol–water partition coefficient (Wildman–Crippen LogP) is 0.0186. The summed E-state index contributed by atoms with van der Waals surface area (Å²) in [5.74, 6) is -0.913. The van der Waals surface area contributed by atoms with E-state index >= 15 is 0 Å². The zero-order chi connectivity index (χ0) is 11.3. The molecule has 0 aliphatic rings. The summed E-state index contributed by atoms with van der Waals surface area (Å²) in [4.78, 5) is 26.1. The number of hydrogen-bond donors (Lipinski definition) is 2. The van der Waals surface area contributed by atoms with Crippen LogP contribution >= 0.6 is 11.8 Å². The number of carbonyl (C=O) groups is 2. The molecule has 0 unspecified atom stereocenters. The number of nitrogens with one attached hydrogen (secondary N) is 1. The van der Waals surface area contributed by atoms with Gasteiger partial charge in [-0.25, -0.2) is 4.98 Å². The Labute approximate surface area is 91.4 Å². The van der Waals surface area contributed by atoms with Gasteiger partial charge in [0.05, 0.1) is 12.1 Å². The van der Waals surface area contributed by atoms with Gasteiger partial charge in [0.15, 0.2) is 0 Å². The van der Waals surface area contributed by atoms with Gasteiger partial charge in [0.25, 0.3) is 5.91 Å². The Balaban J connectivity index is 2.77. The van der Waals surface area contributed by atoms with Gasteiger partial charge in [-0.15, -0.1) is 11.8 Å². The number of aromatic nitrogens is 1. The van der Waals surface area contributed by atoms with Crippen molar-refractivity contribution in [2.45, 2.75) is 5.03 Å². The lowest BCUT2D eigenvalue weighted by atomic mass is 10.2. The summed E-state index contributed by atoms with van der Waals surface area (Å²) in [6, 6.07) is 3.31. The fourth-order valence-corrected chi connectivity index (χ4v) is 1.54. The molecule has 1 aromatic heterocycles. The van der Waals surface area contributed by atoms with E-state index in [1.807, 2.05) is 6.26 Å². The molecule has 2 amide bonds. The third kappa shape index (κ3) is 3.25. The Bertz CT molecular complexity index is 381. The van der Waals surface area contributed by atoms with Crippen molar-refractivity contribution in [3.8, 4) is 0 Å². The summed E-state index contributed by atoms with van der Waals surface area (Å²) in [5, 5.41) is 3.03. The van der Waals surface area contributed by atoms with E-state index in [2.05, 4.69) is 10.3 Å². The van der Waals surface area contributed by atoms with Crippen LogP contribution in [0.15, 0.2) is 23.4 Å². The normalized spacial score (nSPS) is 9.67. The molecule has 0 saturated carbocycles. The topological polar surface area (TPSA) is 85.1 Å². The van der Waals surface area contributed by atoms with E-state index in [1.165, 1.54) is 11.8 Å². The number of rotatable bonds is 4. The zero-order valence-corrected chi connectivity index (χ0v) is 9.00. The molecule has 0 spiro atoms. The van der Waals surface area contributed by atoms with Crippen molar-refractivity contribution in [2.24, 2.45) is 5.73 Å². The molecule has 15 heavy (non-hydrogen) atoms. The second-order valence-electron chi connectivity index (χ2n) is 2.71. The van der Waals surface area contributed by atoms with Crippen molar-refractivity contribution in [3.05, 3.63) is 23.9 Å². The van der Waals surface area contributed by atoms with E-state index in [1.54, 1.807) is 18.3 Å². The van der Waals surface area contributed by atoms with Gasteiger partial charge < -0.3 is 11.1 Å². The molecular weight excluding hydrogens is 214 g/mol. The Morgan fingerprint density at radius 2 is 2.33 bits per heavy atom. The fourth-order valence-electron chi connectivity index (χ4n) is 0.989. The molecule has 0 bridgehead atoms. The molecule has 0 saturated heterocycles. The zero-order valence-electron chi connectivity index (χ0n) is 8.19. The third-order valence-corrected chi connectivity index (χ3v) is 2.34. The van der Waals surface area contributed by atoms with Crippen molar-refractivity contribution in [1.82, 2.24) is 10.3 Å². The first-order chi connectivity index (χ1) is 7.15. The highest BCUT2D eigenvalue weighted by atomic mass is 32.2. The standard InChI is InChI=1S/C9H11N3O2S/c1-15-9-6(3-2-4-11-9)8(14)12-5-7(10)13/h2-4H,5H2,1H3,(H2,10,13)(H,12,14). The minimum absolute atomic E-state index is 0.165. The Morgan fingerprint density at radius 1 is 1.60 bits per heavy atom. The van der Waals surface area contributed by atoms with Gasteiger partial charge in [-0.2, -0.15) is 0 Å². The molecule has 80 valence electrons. The highest BCUT2D eigenvalue weighted by Gasteiger charge is 2.11. The van der Waals surface area contributed by atoms with Gasteiger partial charge in [-0.05, 0) is 18.4 Å². The summed E-state index contributed by atoms with van der Waals surface area (Å²) >= 11 is 1.37. The summed E-state index contributed by atoms with van der Waals surface area (Å²) in [6.45, 7) is -0.165. The first-order valence-corrected chi connectivity index (χ1v) is 5.43. The number of amides is 2. The van der Waals surface area contributed by atoms with Gasteiger partial charge in [-0.1, -0.05) is 0 Å². The van der Waals surface area contributed by atoms with Crippen LogP contribution in [0, 0.1) is 0 Å². The summed E-state index contributed by atoms with van der Waals surface area (Å²) < 4.78 is 0. The van der Waals surface area contributed by atoms with Crippen LogP contribution in [0.4, 0.5) is 0 Å². The predicted molar refractivity (Wildman–Crippen MR) is 57.5 cm³/mol. The molecule has 0 aliphatic carbocycles. The fraction of sp³-hybridized carbons (Fsp3) is 0.222. The molecular formula is C9H11N3O2S. The van der Waals surface area contributed by atoms with Crippen LogP contribution in [0.3, 0.4) is 0 Å². The van der Waals surface area contributed by atoms with E-state index in [0.29, 0.717) is 10.6 Å². The molecule has 0 atom stereocenters. The molecule has 1 aromatic rings. The first kappa shape index (κ1) is 11.5. The smallest absolute Gasteiger partial charge is 0.254 e. The average molecular weight is 225 g/mol. The van der Waals surface area contributed by atoms with Gasteiger partial charge in [-0.3, -0.25) is 9.59 Å². The van der Waals surface area contributed by atoms with Gasteiger partial charge in [0.2, 0.25) is 5.91 Å². The lowest BCUT2D eigenvalue weighted by Crippen LogP contribution is -2.33. The third-order valence-electron chi connectivity index (χ3n) is 1.63. The van der Waals surface area contributed by atoms with Crippen LogP contribution in [0.2, 0.25) is 0 Å². The lowest BCUT2D eigenvalue weighted by molar-refractivity contribution is -0.117. The number of primary amides is 1. The monoisotopic (exact) mass is 225 g/mol. The number of carbonyl (C=O) groups excluding carboxylic acids is 2. The maximum absolute atomic E-state index is 11.6. The molecule has 6 heteroatoms. The molecule has 1 rings (SSSR count). The quantitative estimate of drug-likeness (QED) is 0.707. The van der Waals surface area contributed by atoms with Gasteiger partial charge in [0.1, 0.15) is 5.03 Å². The second-order valence-corrected chi connectivity index (χ2v) is 3.50. The van der Waals surface area contributed by atoms with Crippen molar-refractivity contribution >= 4 is 23.6 Å². The Kier molecular flexibility index (Phi) is 4.11. The van der Waals surface area contributed by atoms with Crippen LogP contribution in [0.5, 0.6) is 0 Å². The maximum atomic E-state index is 11.6. The van der Waals surface area contributed by atoms with Crippen molar-refractivity contribution in [2.75, 3.05) is 12.8 Å².